The minimum Gasteiger partial charge on any atom is -0.457 e. The number of hydrogen-bond donors (Lipinski definition) is 0. The summed E-state index contributed by atoms with van der Waals surface area (Å²) in [5.74, 6) is 0.739. The van der Waals surface area contributed by atoms with Gasteiger partial charge in [0.1, 0.15) is 11.2 Å². The van der Waals surface area contributed by atoms with Gasteiger partial charge in [-0.15, -0.1) is 0 Å². The van der Waals surface area contributed by atoms with Crippen molar-refractivity contribution in [3.8, 4) is 0 Å². The first-order valence-corrected chi connectivity index (χ1v) is 3.32. The molecule has 0 saturated heterocycles. The van der Waals surface area contributed by atoms with E-state index in [9.17, 15) is 0 Å². The number of rotatable bonds is 2. The molecule has 0 amide bonds. The predicted molar refractivity (Wildman–Crippen MR) is 48.2 cm³/mol. The Hall–Kier alpha value is -1.50. The minimum absolute atomic E-state index is 0.739. The second kappa shape index (κ2) is 3.06. The topological polar surface area (TPSA) is 13.1 Å². The molecule has 1 nitrogen and oxygen atoms in total. The van der Waals surface area contributed by atoms with Crippen LogP contribution in [0.1, 0.15) is 5.76 Å². The van der Waals surface area contributed by atoms with Crippen LogP contribution in [-0.2, 0) is 0 Å². The Labute approximate surface area is 65.7 Å². The molecule has 0 fully saturated rings. The molecule has 0 saturated carbocycles. The SMILES string of the molecule is C=C/C=c1/oc(C=C)cc1=C. The molecule has 0 aliphatic heterocycles. The van der Waals surface area contributed by atoms with Crippen molar-refractivity contribution in [1.29, 1.82) is 0 Å². The lowest BCUT2D eigenvalue weighted by Crippen LogP contribution is -2.15. The molecule has 56 valence electrons. The predicted octanol–water partition coefficient (Wildman–Crippen LogP) is 1.30. The van der Waals surface area contributed by atoms with Gasteiger partial charge in [-0.25, -0.2) is 0 Å². The molecule has 0 atom stereocenters. The number of allylic oxidation sites excluding steroid dienone is 1. The van der Waals surface area contributed by atoms with E-state index in [1.165, 1.54) is 0 Å². The van der Waals surface area contributed by atoms with E-state index in [-0.39, 0.29) is 0 Å². The van der Waals surface area contributed by atoms with Gasteiger partial charge in [0.15, 0.2) is 0 Å². The van der Waals surface area contributed by atoms with Gasteiger partial charge in [0.05, 0.1) is 0 Å². The summed E-state index contributed by atoms with van der Waals surface area (Å²) in [5.41, 5.74) is 0.745. The maximum Gasteiger partial charge on any atom is 0.134 e. The van der Waals surface area contributed by atoms with Gasteiger partial charge in [0, 0.05) is 5.22 Å². The zero-order valence-electron chi connectivity index (χ0n) is 6.34. The normalized spacial score (nSPS) is 11.5. The maximum atomic E-state index is 5.30. The van der Waals surface area contributed by atoms with E-state index >= 15 is 0 Å². The van der Waals surface area contributed by atoms with Crippen molar-refractivity contribution in [2.45, 2.75) is 0 Å². The summed E-state index contributed by atoms with van der Waals surface area (Å²) in [6.07, 6.45) is 5.09. The Morgan fingerprint density at radius 3 is 2.55 bits per heavy atom. The second-order valence-corrected chi connectivity index (χ2v) is 2.14. The third kappa shape index (κ3) is 1.49. The van der Waals surface area contributed by atoms with Crippen LogP contribution in [0.4, 0.5) is 0 Å². The molecule has 11 heavy (non-hydrogen) atoms. The molecule has 1 heteroatoms. The van der Waals surface area contributed by atoms with E-state index < -0.39 is 0 Å². The average molecular weight is 146 g/mol. The van der Waals surface area contributed by atoms with E-state index in [0.717, 1.165) is 16.4 Å². The highest BCUT2D eigenvalue weighted by Gasteiger charge is 1.90. The molecule has 1 rings (SSSR count). The van der Waals surface area contributed by atoms with Crippen LogP contribution in [-0.4, -0.2) is 0 Å². The zero-order chi connectivity index (χ0) is 8.27. The van der Waals surface area contributed by atoms with Gasteiger partial charge in [-0.3, -0.25) is 0 Å². The zero-order valence-corrected chi connectivity index (χ0v) is 6.34. The van der Waals surface area contributed by atoms with E-state index in [0.29, 0.717) is 0 Å². The first-order chi connectivity index (χ1) is 5.27. The molecule has 0 unspecified atom stereocenters. The van der Waals surface area contributed by atoms with Crippen LogP contribution in [0.25, 0.3) is 18.7 Å². The van der Waals surface area contributed by atoms with Gasteiger partial charge in [-0.1, -0.05) is 25.8 Å². The van der Waals surface area contributed by atoms with Gasteiger partial charge in [0.25, 0.3) is 0 Å². The van der Waals surface area contributed by atoms with Crippen LogP contribution in [0.2, 0.25) is 0 Å². The summed E-state index contributed by atoms with van der Waals surface area (Å²) in [4.78, 5) is 0. The standard InChI is InChI=1S/C10H10O/c1-4-6-10-8(3)7-9(5-2)11-10/h4-7H,1-3H2/b10-6+. The number of furan rings is 1. The lowest BCUT2D eigenvalue weighted by molar-refractivity contribution is 0.522. The van der Waals surface area contributed by atoms with E-state index in [4.69, 9.17) is 4.42 Å². The lowest BCUT2D eigenvalue weighted by atomic mass is 10.4. The molecular formula is C10H10O. The van der Waals surface area contributed by atoms with Crippen LogP contribution in [0, 0.1) is 0 Å². The van der Waals surface area contributed by atoms with E-state index in [1.54, 1.807) is 18.2 Å². The summed E-state index contributed by atoms with van der Waals surface area (Å²) < 4.78 is 5.30. The number of hydrogen-bond acceptors (Lipinski definition) is 1. The third-order valence-electron chi connectivity index (χ3n) is 1.33. The summed E-state index contributed by atoms with van der Waals surface area (Å²) in [6.45, 7) is 10.9. The third-order valence-corrected chi connectivity index (χ3v) is 1.33. The average Bonchev–Trinajstić information content (AvgIpc) is 2.33. The van der Waals surface area contributed by atoms with Crippen molar-refractivity contribution in [3.05, 3.63) is 41.7 Å². The fourth-order valence-electron chi connectivity index (χ4n) is 0.814. The van der Waals surface area contributed by atoms with Crippen molar-refractivity contribution in [2.75, 3.05) is 0 Å². The van der Waals surface area contributed by atoms with Crippen LogP contribution in [0.3, 0.4) is 0 Å². The highest BCUT2D eigenvalue weighted by Crippen LogP contribution is 1.91. The molecule has 0 aliphatic carbocycles. The molecule has 0 radical (unpaired) electrons. The highest BCUT2D eigenvalue weighted by atomic mass is 16.3. The van der Waals surface area contributed by atoms with Gasteiger partial charge in [0.2, 0.25) is 0 Å². The quantitative estimate of drug-likeness (QED) is 0.613. The van der Waals surface area contributed by atoms with Crippen LogP contribution >= 0.6 is 0 Å². The first kappa shape index (κ1) is 7.61. The van der Waals surface area contributed by atoms with E-state index in [2.05, 4.69) is 19.7 Å². The Bertz CT molecular complexity index is 368. The molecule has 0 bridgehead atoms. The largest absolute Gasteiger partial charge is 0.457 e. The molecule has 1 aromatic heterocycles. The fourth-order valence-corrected chi connectivity index (χ4v) is 0.814. The molecule has 0 aliphatic rings. The van der Waals surface area contributed by atoms with Crippen LogP contribution in [0.5, 0.6) is 0 Å². The Morgan fingerprint density at radius 2 is 2.09 bits per heavy atom. The van der Waals surface area contributed by atoms with Gasteiger partial charge in [-0.05, 0) is 18.2 Å². The lowest BCUT2D eigenvalue weighted by Gasteiger charge is -1.76. The monoisotopic (exact) mass is 146 g/mol. The summed E-state index contributed by atoms with van der Waals surface area (Å²) in [6, 6.07) is 1.84. The van der Waals surface area contributed by atoms with Gasteiger partial charge >= 0.3 is 0 Å². The molecule has 0 aromatic carbocycles. The van der Waals surface area contributed by atoms with Crippen molar-refractivity contribution >= 4 is 18.7 Å². The highest BCUT2D eigenvalue weighted by molar-refractivity contribution is 5.42. The summed E-state index contributed by atoms with van der Waals surface area (Å²) >= 11 is 0. The minimum atomic E-state index is 0.739. The second-order valence-electron chi connectivity index (χ2n) is 2.14. The van der Waals surface area contributed by atoms with Crippen molar-refractivity contribution < 1.29 is 4.42 Å². The molecular weight excluding hydrogens is 136 g/mol. The van der Waals surface area contributed by atoms with Crippen molar-refractivity contribution in [2.24, 2.45) is 0 Å². The molecule has 0 N–H and O–H groups in total. The molecule has 1 heterocycles. The van der Waals surface area contributed by atoms with Crippen LogP contribution < -0.4 is 10.6 Å². The summed E-state index contributed by atoms with van der Waals surface area (Å²) in [7, 11) is 0. The smallest absolute Gasteiger partial charge is 0.134 e. The Balaban J connectivity index is 3.39. The first-order valence-electron chi connectivity index (χ1n) is 3.32. The van der Waals surface area contributed by atoms with Gasteiger partial charge in [-0.2, -0.15) is 0 Å². The van der Waals surface area contributed by atoms with Crippen molar-refractivity contribution in [1.82, 2.24) is 0 Å². The van der Waals surface area contributed by atoms with E-state index in [1.807, 2.05) is 6.07 Å². The van der Waals surface area contributed by atoms with Crippen LogP contribution in [0.15, 0.2) is 29.7 Å². The Kier molecular flexibility index (Phi) is 2.12. The maximum absolute atomic E-state index is 5.30. The van der Waals surface area contributed by atoms with Gasteiger partial charge < -0.3 is 4.42 Å². The summed E-state index contributed by atoms with van der Waals surface area (Å²) in [5, 5.41) is 0.861. The molecule has 0 spiro atoms. The molecule has 1 aromatic rings. The Morgan fingerprint density at radius 1 is 1.36 bits per heavy atom. The van der Waals surface area contributed by atoms with Crippen molar-refractivity contribution in [3.63, 3.8) is 0 Å². The fraction of sp³-hybridized carbons (Fsp3) is 0.